The van der Waals surface area contributed by atoms with E-state index in [1.54, 1.807) is 6.92 Å². The van der Waals surface area contributed by atoms with Gasteiger partial charge in [0, 0.05) is 4.90 Å². The predicted octanol–water partition coefficient (Wildman–Crippen LogP) is 3.14. The summed E-state index contributed by atoms with van der Waals surface area (Å²) in [6, 6.07) is 3.43. The van der Waals surface area contributed by atoms with Crippen LogP contribution in [0, 0.1) is 0 Å². The van der Waals surface area contributed by atoms with E-state index in [-0.39, 0.29) is 22.2 Å². The summed E-state index contributed by atoms with van der Waals surface area (Å²) in [7, 11) is -3.15. The van der Waals surface area contributed by atoms with Crippen molar-refractivity contribution in [2.24, 2.45) is 0 Å². The Morgan fingerprint density at radius 2 is 2.08 bits per heavy atom. The van der Waals surface area contributed by atoms with Crippen molar-refractivity contribution in [3.05, 3.63) is 28.8 Å². The summed E-state index contributed by atoms with van der Waals surface area (Å²) in [6.45, 7) is 1.64. The molecule has 24 heavy (non-hydrogen) atoms. The molecule has 1 atom stereocenters. The highest BCUT2D eigenvalue weighted by Gasteiger charge is 2.39. The topological polar surface area (TPSA) is 63.2 Å². The molecule has 0 radical (unpaired) electrons. The first-order chi connectivity index (χ1) is 10.9. The van der Waals surface area contributed by atoms with Crippen LogP contribution in [0.2, 0.25) is 5.02 Å². The SMILES string of the molecule is CC1(NC(=O)CSc2ccc(Cl)c(C(F)(F)F)c2)CCS(=O)(=O)C1. The number of rotatable bonds is 4. The average Bonchev–Trinajstić information content (AvgIpc) is 2.70. The van der Waals surface area contributed by atoms with Gasteiger partial charge in [-0.1, -0.05) is 11.6 Å². The molecule has 10 heteroatoms. The summed E-state index contributed by atoms with van der Waals surface area (Å²) in [5, 5.41) is 2.25. The van der Waals surface area contributed by atoms with Crippen LogP contribution in [0.25, 0.3) is 0 Å². The normalized spacial score (nSPS) is 23.2. The fourth-order valence-corrected chi connectivity index (χ4v) is 5.50. The number of carbonyl (C=O) groups is 1. The van der Waals surface area contributed by atoms with E-state index in [2.05, 4.69) is 5.32 Å². The Bertz CT molecular complexity index is 752. The van der Waals surface area contributed by atoms with Gasteiger partial charge in [0.05, 0.1) is 33.4 Å². The van der Waals surface area contributed by atoms with Crippen molar-refractivity contribution in [1.29, 1.82) is 0 Å². The van der Waals surface area contributed by atoms with Gasteiger partial charge < -0.3 is 5.32 Å². The zero-order chi connectivity index (χ0) is 18.2. The third-order valence-corrected chi connectivity index (χ3v) is 6.78. The largest absolute Gasteiger partial charge is 0.417 e. The van der Waals surface area contributed by atoms with Crippen molar-refractivity contribution in [3.8, 4) is 0 Å². The molecule has 1 saturated heterocycles. The Morgan fingerprint density at radius 1 is 1.42 bits per heavy atom. The Balaban J connectivity index is 1.98. The molecular weight excluding hydrogens is 387 g/mol. The lowest BCUT2D eigenvalue weighted by atomic mass is 10.0. The zero-order valence-corrected chi connectivity index (χ0v) is 15.0. The number of sulfone groups is 1. The van der Waals surface area contributed by atoms with Gasteiger partial charge >= 0.3 is 6.18 Å². The molecule has 0 aliphatic carbocycles. The lowest BCUT2D eigenvalue weighted by Crippen LogP contribution is -2.47. The average molecular weight is 402 g/mol. The van der Waals surface area contributed by atoms with E-state index >= 15 is 0 Å². The molecule has 0 aromatic heterocycles. The van der Waals surface area contributed by atoms with Crippen molar-refractivity contribution in [2.75, 3.05) is 17.3 Å². The summed E-state index contributed by atoms with van der Waals surface area (Å²) in [5.41, 5.74) is -1.78. The van der Waals surface area contributed by atoms with E-state index in [1.807, 2.05) is 0 Å². The van der Waals surface area contributed by atoms with Gasteiger partial charge in [-0.15, -0.1) is 11.8 Å². The van der Waals surface area contributed by atoms with Crippen LogP contribution in [0.1, 0.15) is 18.9 Å². The van der Waals surface area contributed by atoms with E-state index in [0.717, 1.165) is 23.9 Å². The molecule has 1 fully saturated rings. The Hall–Kier alpha value is -0.930. The lowest BCUT2D eigenvalue weighted by Gasteiger charge is -2.23. The molecule has 1 aliphatic heterocycles. The molecular formula is C14H15ClF3NO3S2. The third-order valence-electron chi connectivity index (χ3n) is 3.56. The maximum Gasteiger partial charge on any atom is 0.417 e. The molecule has 4 nitrogen and oxygen atoms in total. The predicted molar refractivity (Wildman–Crippen MR) is 87.0 cm³/mol. The molecule has 1 amide bonds. The fourth-order valence-electron chi connectivity index (χ4n) is 2.44. The minimum absolute atomic E-state index is 0.0169. The molecule has 1 unspecified atom stereocenters. The number of halogens is 4. The van der Waals surface area contributed by atoms with Crippen molar-refractivity contribution in [3.63, 3.8) is 0 Å². The van der Waals surface area contributed by atoms with Crippen LogP contribution in [0.5, 0.6) is 0 Å². The van der Waals surface area contributed by atoms with Gasteiger partial charge in [0.25, 0.3) is 0 Å². The second-order valence-electron chi connectivity index (χ2n) is 5.88. The first kappa shape index (κ1) is 19.4. The second kappa shape index (κ2) is 6.76. The Kier molecular flexibility index (Phi) is 5.46. The quantitative estimate of drug-likeness (QED) is 0.787. The number of carbonyl (C=O) groups excluding carboxylic acids is 1. The van der Waals surface area contributed by atoms with Crippen molar-refractivity contribution >= 4 is 39.1 Å². The lowest BCUT2D eigenvalue weighted by molar-refractivity contribution is -0.137. The number of amides is 1. The molecule has 1 aromatic rings. The minimum Gasteiger partial charge on any atom is -0.349 e. The van der Waals surface area contributed by atoms with Crippen LogP contribution < -0.4 is 5.32 Å². The maximum atomic E-state index is 12.8. The molecule has 0 saturated carbocycles. The van der Waals surface area contributed by atoms with Crippen LogP contribution >= 0.6 is 23.4 Å². The number of nitrogens with one attached hydrogen (secondary N) is 1. The van der Waals surface area contributed by atoms with Crippen molar-refractivity contribution in [1.82, 2.24) is 5.32 Å². The standard InChI is InChI=1S/C14H15ClF3NO3S2/c1-13(4-5-24(21,22)8-13)19-12(20)7-23-9-2-3-11(15)10(6-9)14(16,17)18/h2-3,6H,4-5,7-8H2,1H3,(H,19,20). The van der Waals surface area contributed by atoms with Gasteiger partial charge in [-0.05, 0) is 31.5 Å². The van der Waals surface area contributed by atoms with Crippen LogP contribution in [0.15, 0.2) is 23.1 Å². The summed E-state index contributed by atoms with van der Waals surface area (Å²) in [4.78, 5) is 12.2. The summed E-state index contributed by atoms with van der Waals surface area (Å²) in [6.07, 6.45) is -4.24. The molecule has 0 spiro atoms. The molecule has 1 heterocycles. The molecule has 0 bridgehead atoms. The van der Waals surface area contributed by atoms with E-state index in [1.165, 1.54) is 6.07 Å². The first-order valence-electron chi connectivity index (χ1n) is 6.91. The van der Waals surface area contributed by atoms with Crippen LogP contribution in [-0.2, 0) is 20.8 Å². The number of hydrogen-bond donors (Lipinski definition) is 1. The van der Waals surface area contributed by atoms with E-state index in [4.69, 9.17) is 11.6 Å². The minimum atomic E-state index is -4.57. The number of thioether (sulfide) groups is 1. The zero-order valence-electron chi connectivity index (χ0n) is 12.6. The van der Waals surface area contributed by atoms with Gasteiger partial charge in [-0.2, -0.15) is 13.2 Å². The van der Waals surface area contributed by atoms with Crippen LogP contribution in [-0.4, -0.2) is 37.1 Å². The van der Waals surface area contributed by atoms with Gasteiger partial charge in [-0.25, -0.2) is 8.42 Å². The fraction of sp³-hybridized carbons (Fsp3) is 0.500. The molecule has 1 N–H and O–H groups in total. The second-order valence-corrected chi connectivity index (χ2v) is 9.52. The highest BCUT2D eigenvalue weighted by molar-refractivity contribution is 8.00. The summed E-state index contributed by atoms with van der Waals surface area (Å²) >= 11 is 6.47. The maximum absolute atomic E-state index is 12.8. The third kappa shape index (κ3) is 5.03. The van der Waals surface area contributed by atoms with E-state index < -0.39 is 38.0 Å². The summed E-state index contributed by atoms with van der Waals surface area (Å²) in [5.74, 6) is -0.657. The Labute approximate surface area is 147 Å². The molecule has 1 aliphatic rings. The van der Waals surface area contributed by atoms with Crippen LogP contribution in [0.3, 0.4) is 0 Å². The van der Waals surface area contributed by atoms with Crippen molar-refractivity contribution < 1.29 is 26.4 Å². The van der Waals surface area contributed by atoms with Gasteiger partial charge in [-0.3, -0.25) is 4.79 Å². The van der Waals surface area contributed by atoms with Gasteiger partial charge in [0.15, 0.2) is 9.84 Å². The van der Waals surface area contributed by atoms with Gasteiger partial charge in [0.1, 0.15) is 0 Å². The van der Waals surface area contributed by atoms with E-state index in [0.29, 0.717) is 6.42 Å². The first-order valence-corrected chi connectivity index (χ1v) is 10.1. The van der Waals surface area contributed by atoms with Gasteiger partial charge in [0.2, 0.25) is 5.91 Å². The number of hydrogen-bond acceptors (Lipinski definition) is 4. The van der Waals surface area contributed by atoms with E-state index in [9.17, 15) is 26.4 Å². The number of benzene rings is 1. The number of alkyl halides is 3. The highest BCUT2D eigenvalue weighted by atomic mass is 35.5. The Morgan fingerprint density at radius 3 is 2.62 bits per heavy atom. The smallest absolute Gasteiger partial charge is 0.349 e. The molecule has 134 valence electrons. The molecule has 2 rings (SSSR count). The monoisotopic (exact) mass is 401 g/mol. The molecule has 1 aromatic carbocycles. The van der Waals surface area contributed by atoms with Crippen LogP contribution in [0.4, 0.5) is 13.2 Å². The highest BCUT2D eigenvalue weighted by Crippen LogP contribution is 2.37. The van der Waals surface area contributed by atoms with Crippen molar-refractivity contribution in [2.45, 2.75) is 30.0 Å². The summed E-state index contributed by atoms with van der Waals surface area (Å²) < 4.78 is 61.4.